The lowest BCUT2D eigenvalue weighted by atomic mass is 9.29. The molecule has 2 heterocycles. The van der Waals surface area contributed by atoms with E-state index in [1.165, 1.54) is 139 Å². The summed E-state index contributed by atoms with van der Waals surface area (Å²) in [5.41, 5.74) is 32.5. The summed E-state index contributed by atoms with van der Waals surface area (Å²) < 4.78 is 0. The van der Waals surface area contributed by atoms with E-state index in [9.17, 15) is 0 Å². The molecule has 10 aromatic carbocycles. The fraction of sp³-hybridized carbons (Fsp3) is 0.189. The number of rotatable bonds is 5. The highest BCUT2D eigenvalue weighted by Gasteiger charge is 2.56. The molecule has 2 spiro atoms. The summed E-state index contributed by atoms with van der Waals surface area (Å²) in [5.74, 6) is 1.09. The molecule has 0 amide bonds. The van der Waals surface area contributed by atoms with E-state index in [1.807, 2.05) is 0 Å². The zero-order chi connectivity index (χ0) is 51.6. The highest BCUT2D eigenvalue weighted by Crippen LogP contribution is 2.66. The van der Waals surface area contributed by atoms with Crippen LogP contribution in [0.25, 0.3) is 33.4 Å². The first-order valence-electron chi connectivity index (χ1n) is 28.0. The van der Waals surface area contributed by atoms with E-state index >= 15 is 0 Å². The van der Waals surface area contributed by atoms with Crippen molar-refractivity contribution in [3.05, 3.63) is 285 Å². The van der Waals surface area contributed by atoms with E-state index in [1.54, 1.807) is 0 Å². The van der Waals surface area contributed by atoms with Gasteiger partial charge >= 0.3 is 0 Å². The van der Waals surface area contributed by atoms with E-state index in [2.05, 4.69) is 273 Å². The number of para-hydroxylation sites is 1. The Bertz CT molecular complexity index is 3990. The fourth-order valence-electron chi connectivity index (χ4n) is 15.7. The van der Waals surface area contributed by atoms with Gasteiger partial charge in [-0.25, -0.2) is 0 Å². The van der Waals surface area contributed by atoms with Gasteiger partial charge in [0, 0.05) is 11.1 Å². The molecule has 0 fully saturated rings. The number of fused-ring (bicyclic) bond motifs is 21. The summed E-state index contributed by atoms with van der Waals surface area (Å²) in [6, 6.07) is 83.3. The minimum Gasteiger partial charge on any atom is -0.310 e. The Morgan fingerprint density at radius 2 is 0.763 bits per heavy atom. The SMILES string of the molecule is CC(C)c1cc(C(C)C)c(B2c3ccccc3C3(c4cc(N5c6ccccc6C6(c7ccccc7-c7ccccc76)c6cc7c(cc65)C(C)(C)c5ccccc5-7)ccc42)c2ccccc2-c2ccccc23)c(C(C)C)c1. The molecule has 2 heteroatoms. The molecule has 3 aliphatic carbocycles. The van der Waals surface area contributed by atoms with Crippen LogP contribution < -0.4 is 21.3 Å². The molecule has 1 nitrogen and oxygen atoms in total. The van der Waals surface area contributed by atoms with Gasteiger partial charge in [0.05, 0.1) is 22.2 Å². The van der Waals surface area contributed by atoms with Crippen LogP contribution in [0.1, 0.15) is 145 Å². The highest BCUT2D eigenvalue weighted by molar-refractivity contribution is 6.97. The fourth-order valence-corrected chi connectivity index (χ4v) is 15.7. The van der Waals surface area contributed by atoms with Crippen LogP contribution in [0.5, 0.6) is 0 Å². The number of anilines is 3. The number of benzene rings is 10. The van der Waals surface area contributed by atoms with E-state index < -0.39 is 10.8 Å². The molecule has 10 aromatic rings. The van der Waals surface area contributed by atoms with Crippen LogP contribution in [-0.2, 0) is 16.2 Å². The van der Waals surface area contributed by atoms with E-state index in [0.29, 0.717) is 17.8 Å². The quantitative estimate of drug-likeness (QED) is 0.155. The van der Waals surface area contributed by atoms with Crippen LogP contribution in [-0.4, -0.2) is 6.71 Å². The maximum atomic E-state index is 2.67. The zero-order valence-electron chi connectivity index (χ0n) is 45.0. The minimum absolute atomic E-state index is 0.0140. The first-order chi connectivity index (χ1) is 37.0. The van der Waals surface area contributed by atoms with Crippen molar-refractivity contribution < 1.29 is 0 Å². The molecule has 0 N–H and O–H groups in total. The summed E-state index contributed by atoms with van der Waals surface area (Å²) in [6.45, 7) is 19.2. The summed E-state index contributed by atoms with van der Waals surface area (Å²) in [7, 11) is 0. The van der Waals surface area contributed by atoms with Gasteiger partial charge < -0.3 is 4.90 Å². The third kappa shape index (κ3) is 5.67. The Labute approximate surface area is 450 Å². The summed E-state index contributed by atoms with van der Waals surface area (Å²) in [6.07, 6.45) is 0. The van der Waals surface area contributed by atoms with Crippen molar-refractivity contribution in [1.29, 1.82) is 0 Å². The summed E-state index contributed by atoms with van der Waals surface area (Å²) >= 11 is 0. The van der Waals surface area contributed by atoms with Gasteiger partial charge in [-0.3, -0.25) is 0 Å². The van der Waals surface area contributed by atoms with Gasteiger partial charge in [0.1, 0.15) is 0 Å². The lowest BCUT2D eigenvalue weighted by molar-refractivity contribution is 0.658. The van der Waals surface area contributed by atoms with Crippen LogP contribution >= 0.6 is 0 Å². The molecular weight excluding hydrogens is 914 g/mol. The lowest BCUT2D eigenvalue weighted by Gasteiger charge is -2.47. The number of hydrogen-bond donors (Lipinski definition) is 0. The minimum atomic E-state index is -0.580. The monoisotopic (exact) mass is 975 g/mol. The topological polar surface area (TPSA) is 3.24 Å². The van der Waals surface area contributed by atoms with Crippen molar-refractivity contribution in [3.8, 4) is 33.4 Å². The lowest BCUT2D eigenvalue weighted by Crippen LogP contribution is -2.63. The van der Waals surface area contributed by atoms with Gasteiger partial charge in [-0.1, -0.05) is 254 Å². The third-order valence-electron chi connectivity index (χ3n) is 18.9. The second kappa shape index (κ2) is 16.0. The first-order valence-corrected chi connectivity index (χ1v) is 28.0. The van der Waals surface area contributed by atoms with Crippen molar-refractivity contribution in [2.45, 2.75) is 89.4 Å². The molecule has 0 unspecified atom stereocenters. The molecule has 76 heavy (non-hydrogen) atoms. The molecule has 0 bridgehead atoms. The molecule has 15 rings (SSSR count). The van der Waals surface area contributed by atoms with Crippen molar-refractivity contribution in [3.63, 3.8) is 0 Å². The second-order valence-electron chi connectivity index (χ2n) is 24.0. The van der Waals surface area contributed by atoms with E-state index in [0.717, 1.165) is 0 Å². The Morgan fingerprint density at radius 3 is 1.29 bits per heavy atom. The Hall–Kier alpha value is -7.94. The maximum absolute atomic E-state index is 2.67. The van der Waals surface area contributed by atoms with Gasteiger partial charge in [-0.05, 0) is 154 Å². The number of hydrogen-bond acceptors (Lipinski definition) is 1. The van der Waals surface area contributed by atoms with Gasteiger partial charge in [0.25, 0.3) is 0 Å². The molecule has 5 aliphatic rings. The van der Waals surface area contributed by atoms with Crippen LogP contribution in [0.4, 0.5) is 17.1 Å². The van der Waals surface area contributed by atoms with Crippen LogP contribution in [0.15, 0.2) is 212 Å². The number of nitrogens with zero attached hydrogens (tertiary/aromatic N) is 1. The molecule has 0 saturated carbocycles. The second-order valence-corrected chi connectivity index (χ2v) is 24.0. The van der Waals surface area contributed by atoms with Crippen molar-refractivity contribution in [1.82, 2.24) is 0 Å². The third-order valence-corrected chi connectivity index (χ3v) is 18.9. The average molecular weight is 976 g/mol. The standard InChI is InChI=1S/C74H62BN/c1-44(2)47-39-54(45(3)4)71(55(40-47)46(5)6)75-67-35-21-19-33-62(67)73(58-29-15-10-23-49(58)50-24-11-16-30-59(50)73)65-41-48(37-38-68(65)75)76-69-36-22-20-34-63(69)74(60-31-17-12-25-51(60)52-26-13-18-32-61(52)74)66-42-56-53-27-9-14-28-57(53)72(7,8)64(56)43-70(66)76/h9-46H,1-8H3. The van der Waals surface area contributed by atoms with Gasteiger partial charge in [-0.15, -0.1) is 0 Å². The first kappa shape index (κ1) is 45.5. The smallest absolute Gasteiger partial charge is 0.242 e. The highest BCUT2D eigenvalue weighted by atomic mass is 15.2. The molecule has 2 aliphatic heterocycles. The van der Waals surface area contributed by atoms with Crippen molar-refractivity contribution in [2.24, 2.45) is 0 Å². The van der Waals surface area contributed by atoms with Crippen molar-refractivity contribution >= 4 is 40.2 Å². The molecule has 0 radical (unpaired) electrons. The average Bonchev–Trinajstić information content (AvgIpc) is 4.20. The van der Waals surface area contributed by atoms with Crippen LogP contribution in [0.3, 0.4) is 0 Å². The summed E-state index contributed by atoms with van der Waals surface area (Å²) in [5, 5.41) is 0. The van der Waals surface area contributed by atoms with Gasteiger partial charge in [0.2, 0.25) is 6.71 Å². The normalized spacial score (nSPS) is 15.7. The molecule has 0 saturated heterocycles. The molecule has 0 atom stereocenters. The van der Waals surface area contributed by atoms with Gasteiger partial charge in [-0.2, -0.15) is 0 Å². The van der Waals surface area contributed by atoms with E-state index in [-0.39, 0.29) is 12.1 Å². The molecular formula is C74H62BN. The zero-order valence-corrected chi connectivity index (χ0v) is 45.0. The predicted octanol–water partition coefficient (Wildman–Crippen LogP) is 16.7. The maximum Gasteiger partial charge on any atom is 0.242 e. The Balaban J connectivity index is 1.08. The Morgan fingerprint density at radius 1 is 0.329 bits per heavy atom. The van der Waals surface area contributed by atoms with Crippen LogP contribution in [0.2, 0.25) is 0 Å². The predicted molar refractivity (Wildman–Crippen MR) is 320 cm³/mol. The van der Waals surface area contributed by atoms with E-state index in [4.69, 9.17) is 0 Å². The molecule has 0 aromatic heterocycles. The summed E-state index contributed by atoms with van der Waals surface area (Å²) in [4.78, 5) is 2.67. The molecule has 366 valence electrons. The van der Waals surface area contributed by atoms with Crippen LogP contribution in [0, 0.1) is 0 Å². The van der Waals surface area contributed by atoms with Gasteiger partial charge in [0.15, 0.2) is 0 Å². The largest absolute Gasteiger partial charge is 0.310 e. The van der Waals surface area contributed by atoms with Crippen molar-refractivity contribution in [2.75, 3.05) is 4.90 Å². The Kier molecular flexibility index (Phi) is 9.60.